The summed E-state index contributed by atoms with van der Waals surface area (Å²) in [6.45, 7) is 4.49. The van der Waals surface area contributed by atoms with Gasteiger partial charge in [0, 0.05) is 37.3 Å². The number of likely N-dealkylation sites (tertiary alicyclic amines) is 1. The molecule has 2 aromatic carbocycles. The Kier molecular flexibility index (Phi) is 5.36. The van der Waals surface area contributed by atoms with Crippen LogP contribution in [0.3, 0.4) is 0 Å². The molecule has 162 valence electrons. The van der Waals surface area contributed by atoms with Gasteiger partial charge in [-0.25, -0.2) is 4.79 Å². The lowest BCUT2D eigenvalue weighted by Crippen LogP contribution is -2.32. The molecule has 32 heavy (non-hydrogen) atoms. The largest absolute Gasteiger partial charge is 0.325 e. The molecular formula is C25H26N6O. The number of aryl methyl sites for hydroxylation is 1. The Morgan fingerprint density at radius 2 is 1.88 bits per heavy atom. The molecule has 2 amide bonds. The molecule has 1 N–H and O–H groups in total. The van der Waals surface area contributed by atoms with Crippen LogP contribution in [0.5, 0.6) is 0 Å². The highest BCUT2D eigenvalue weighted by Gasteiger charge is 2.25. The number of carbonyl (C=O) groups is 1. The van der Waals surface area contributed by atoms with Crippen molar-refractivity contribution in [3.8, 4) is 17.5 Å². The third-order valence-electron chi connectivity index (χ3n) is 6.60. The fraction of sp³-hybridized carbons (Fsp3) is 0.360. The van der Waals surface area contributed by atoms with Crippen molar-refractivity contribution in [2.75, 3.05) is 18.4 Å². The Morgan fingerprint density at radius 3 is 2.62 bits per heavy atom. The van der Waals surface area contributed by atoms with E-state index in [1.807, 2.05) is 54.3 Å². The normalized spacial score (nSPS) is 17.6. The second kappa shape index (κ2) is 8.46. The van der Waals surface area contributed by atoms with E-state index in [0.717, 1.165) is 73.8 Å². The van der Waals surface area contributed by atoms with Crippen LogP contribution in [0, 0.1) is 18.3 Å². The predicted molar refractivity (Wildman–Crippen MR) is 122 cm³/mol. The van der Waals surface area contributed by atoms with E-state index in [1.54, 1.807) is 0 Å². The number of amides is 2. The van der Waals surface area contributed by atoms with Crippen molar-refractivity contribution in [2.24, 2.45) is 0 Å². The van der Waals surface area contributed by atoms with E-state index in [9.17, 15) is 4.79 Å². The van der Waals surface area contributed by atoms with Gasteiger partial charge in [-0.3, -0.25) is 0 Å². The number of hydrogen-bond donors (Lipinski definition) is 1. The number of nitrogens with one attached hydrogen (secondary N) is 1. The second-order valence-electron chi connectivity index (χ2n) is 8.67. The van der Waals surface area contributed by atoms with Gasteiger partial charge in [-0.15, -0.1) is 10.2 Å². The molecule has 0 radical (unpaired) electrons. The highest BCUT2D eigenvalue weighted by molar-refractivity contribution is 5.91. The van der Waals surface area contributed by atoms with Crippen LogP contribution in [0.15, 0.2) is 42.5 Å². The number of fused-ring (bicyclic) bond motifs is 1. The molecule has 1 atom stereocenters. The molecule has 3 aromatic rings. The summed E-state index contributed by atoms with van der Waals surface area (Å²) in [4.78, 5) is 14.4. The summed E-state index contributed by atoms with van der Waals surface area (Å²) in [5.41, 5.74) is 4.73. The Morgan fingerprint density at radius 1 is 1.09 bits per heavy atom. The number of carbonyl (C=O) groups excluding carboxylic acids is 1. The minimum atomic E-state index is -0.0312. The fourth-order valence-corrected chi connectivity index (χ4v) is 4.67. The zero-order valence-electron chi connectivity index (χ0n) is 18.2. The highest BCUT2D eigenvalue weighted by atomic mass is 16.2. The monoisotopic (exact) mass is 426 g/mol. The van der Waals surface area contributed by atoms with Crippen LogP contribution in [0.2, 0.25) is 0 Å². The first-order valence-corrected chi connectivity index (χ1v) is 11.2. The first-order chi connectivity index (χ1) is 15.6. The average molecular weight is 427 g/mol. The van der Waals surface area contributed by atoms with Crippen LogP contribution < -0.4 is 5.32 Å². The molecule has 0 spiro atoms. The molecule has 2 aliphatic heterocycles. The van der Waals surface area contributed by atoms with Crippen molar-refractivity contribution in [3.63, 3.8) is 0 Å². The molecule has 7 heteroatoms. The Hall–Kier alpha value is -3.66. The molecule has 5 rings (SSSR count). The summed E-state index contributed by atoms with van der Waals surface area (Å²) in [6.07, 6.45) is 3.96. The second-order valence-corrected chi connectivity index (χ2v) is 8.67. The molecule has 0 bridgehead atoms. The van der Waals surface area contributed by atoms with Crippen LogP contribution in [0.25, 0.3) is 11.4 Å². The van der Waals surface area contributed by atoms with Gasteiger partial charge in [-0.2, -0.15) is 5.26 Å². The molecule has 1 aromatic heterocycles. The number of hydrogen-bond acceptors (Lipinski definition) is 4. The van der Waals surface area contributed by atoms with Gasteiger partial charge in [0.2, 0.25) is 0 Å². The summed E-state index contributed by atoms with van der Waals surface area (Å²) in [6, 6.07) is 16.1. The van der Waals surface area contributed by atoms with Crippen LogP contribution in [0.1, 0.15) is 47.7 Å². The lowest BCUT2D eigenvalue weighted by molar-refractivity contribution is 0.222. The van der Waals surface area contributed by atoms with Gasteiger partial charge < -0.3 is 14.8 Å². The van der Waals surface area contributed by atoms with Crippen molar-refractivity contribution in [2.45, 2.75) is 45.1 Å². The molecule has 1 fully saturated rings. The Balaban J connectivity index is 1.36. The van der Waals surface area contributed by atoms with Gasteiger partial charge in [-0.1, -0.05) is 24.3 Å². The van der Waals surface area contributed by atoms with Crippen LogP contribution in [-0.2, 0) is 13.0 Å². The van der Waals surface area contributed by atoms with E-state index in [4.69, 9.17) is 5.26 Å². The van der Waals surface area contributed by atoms with E-state index < -0.39 is 0 Å². The smallest absolute Gasteiger partial charge is 0.321 e. The molecule has 3 heterocycles. The van der Waals surface area contributed by atoms with Crippen molar-refractivity contribution < 1.29 is 4.79 Å². The maximum Gasteiger partial charge on any atom is 0.321 e. The third kappa shape index (κ3) is 3.84. The molecule has 1 unspecified atom stereocenters. The van der Waals surface area contributed by atoms with Crippen LogP contribution in [0.4, 0.5) is 10.5 Å². The zero-order valence-corrected chi connectivity index (χ0v) is 18.2. The van der Waals surface area contributed by atoms with E-state index in [0.29, 0.717) is 11.5 Å². The summed E-state index contributed by atoms with van der Waals surface area (Å²) >= 11 is 0. The molecule has 7 nitrogen and oxygen atoms in total. The van der Waals surface area contributed by atoms with Crippen molar-refractivity contribution >= 4 is 11.7 Å². The third-order valence-corrected chi connectivity index (χ3v) is 6.60. The predicted octanol–water partition coefficient (Wildman–Crippen LogP) is 4.48. The first-order valence-electron chi connectivity index (χ1n) is 11.2. The maximum atomic E-state index is 12.6. The SMILES string of the molecule is Cc1ccc(-c2nnc3n2CCC(c2ccc(C#N)cc2)C3)cc1NC(=O)N1CCCC1. The number of anilines is 1. The summed E-state index contributed by atoms with van der Waals surface area (Å²) < 4.78 is 2.19. The summed E-state index contributed by atoms with van der Waals surface area (Å²) in [7, 11) is 0. The Bertz CT molecular complexity index is 1180. The maximum absolute atomic E-state index is 12.6. The van der Waals surface area contributed by atoms with Crippen molar-refractivity contribution in [1.82, 2.24) is 19.7 Å². The topological polar surface area (TPSA) is 86.8 Å². The zero-order chi connectivity index (χ0) is 22.1. The standard InChI is InChI=1S/C25H26N6O/c1-17-4-7-21(14-22(17)27-25(32)30-11-2-3-12-30)24-29-28-23-15-20(10-13-31(23)24)19-8-5-18(16-26)6-9-19/h4-9,14,20H,2-3,10-13,15H2,1H3,(H,27,32). The van der Waals surface area contributed by atoms with Gasteiger partial charge in [0.05, 0.1) is 11.6 Å². The van der Waals surface area contributed by atoms with E-state index in [1.165, 1.54) is 5.56 Å². The van der Waals surface area contributed by atoms with E-state index in [-0.39, 0.29) is 6.03 Å². The molecule has 0 aliphatic carbocycles. The number of nitriles is 1. The van der Waals surface area contributed by atoms with Gasteiger partial charge >= 0.3 is 6.03 Å². The summed E-state index contributed by atoms with van der Waals surface area (Å²) in [5.74, 6) is 2.19. The molecule has 2 aliphatic rings. The van der Waals surface area contributed by atoms with Gasteiger partial charge in [0.1, 0.15) is 5.82 Å². The number of aromatic nitrogens is 3. The molecule has 1 saturated heterocycles. The number of benzene rings is 2. The Labute approximate surface area is 187 Å². The van der Waals surface area contributed by atoms with Gasteiger partial charge in [0.15, 0.2) is 5.82 Å². The van der Waals surface area contributed by atoms with Gasteiger partial charge in [0.25, 0.3) is 0 Å². The quantitative estimate of drug-likeness (QED) is 0.669. The number of urea groups is 1. The average Bonchev–Trinajstić information content (AvgIpc) is 3.50. The summed E-state index contributed by atoms with van der Waals surface area (Å²) in [5, 5.41) is 21.1. The lowest BCUT2D eigenvalue weighted by atomic mass is 9.89. The van der Waals surface area contributed by atoms with E-state index >= 15 is 0 Å². The van der Waals surface area contributed by atoms with E-state index in [2.05, 4.69) is 26.2 Å². The molecule has 0 saturated carbocycles. The van der Waals surface area contributed by atoms with Crippen LogP contribution in [-0.4, -0.2) is 38.8 Å². The number of nitrogens with zero attached hydrogens (tertiary/aromatic N) is 5. The first kappa shape index (κ1) is 20.3. The van der Waals surface area contributed by atoms with Gasteiger partial charge in [-0.05, 0) is 61.4 Å². The van der Waals surface area contributed by atoms with Crippen molar-refractivity contribution in [1.29, 1.82) is 5.26 Å². The minimum absolute atomic E-state index is 0.0312. The lowest BCUT2D eigenvalue weighted by Gasteiger charge is -2.24. The minimum Gasteiger partial charge on any atom is -0.325 e. The highest BCUT2D eigenvalue weighted by Crippen LogP contribution is 2.33. The van der Waals surface area contributed by atoms with Crippen LogP contribution >= 0.6 is 0 Å². The number of rotatable bonds is 3. The van der Waals surface area contributed by atoms with Crippen molar-refractivity contribution in [3.05, 3.63) is 65.0 Å². The molecular weight excluding hydrogens is 400 g/mol. The fourth-order valence-electron chi connectivity index (χ4n) is 4.67.